The summed E-state index contributed by atoms with van der Waals surface area (Å²) in [6.07, 6.45) is 1.64. The zero-order valence-corrected chi connectivity index (χ0v) is 16.3. The van der Waals surface area contributed by atoms with Crippen LogP contribution >= 0.6 is 0 Å². The minimum Gasteiger partial charge on any atom is -0.360 e. The van der Waals surface area contributed by atoms with Gasteiger partial charge in [-0.2, -0.15) is 0 Å². The summed E-state index contributed by atoms with van der Waals surface area (Å²) in [5, 5.41) is 8.22. The monoisotopic (exact) mass is 392 g/mol. The number of amides is 3. The fourth-order valence-electron chi connectivity index (χ4n) is 3.03. The van der Waals surface area contributed by atoms with Crippen molar-refractivity contribution in [1.82, 2.24) is 16.0 Å². The molecule has 2 aromatic carbocycles. The van der Waals surface area contributed by atoms with E-state index < -0.39 is 0 Å². The number of hydrogen-bond acceptors (Lipinski definition) is 4. The van der Waals surface area contributed by atoms with Gasteiger partial charge in [0.25, 0.3) is 5.91 Å². The molecule has 0 aromatic heterocycles. The molecule has 7 heteroatoms. The van der Waals surface area contributed by atoms with Crippen LogP contribution in [0.2, 0.25) is 0 Å². The molecule has 150 valence electrons. The van der Waals surface area contributed by atoms with Gasteiger partial charge >= 0.3 is 0 Å². The number of anilines is 1. The third-order valence-electron chi connectivity index (χ3n) is 4.46. The third kappa shape index (κ3) is 5.93. The molecule has 3 amide bonds. The van der Waals surface area contributed by atoms with Crippen molar-refractivity contribution < 1.29 is 14.4 Å². The van der Waals surface area contributed by atoms with Crippen molar-refractivity contribution >= 4 is 29.5 Å². The van der Waals surface area contributed by atoms with E-state index in [0.29, 0.717) is 19.6 Å². The molecule has 0 aliphatic carbocycles. The minimum atomic E-state index is -0.360. The van der Waals surface area contributed by atoms with E-state index in [0.717, 1.165) is 23.4 Å². The average molecular weight is 392 g/mol. The van der Waals surface area contributed by atoms with E-state index in [-0.39, 0.29) is 23.4 Å². The van der Waals surface area contributed by atoms with Gasteiger partial charge in [0.15, 0.2) is 0 Å². The van der Waals surface area contributed by atoms with Gasteiger partial charge in [0.2, 0.25) is 11.8 Å². The smallest absolute Gasteiger partial charge is 0.268 e. The number of rotatable bonds is 6. The fourth-order valence-corrected chi connectivity index (χ4v) is 3.03. The molecule has 0 saturated carbocycles. The Bertz CT molecular complexity index is 907. The highest BCUT2D eigenvalue weighted by atomic mass is 16.2. The predicted octanol–water partition coefficient (Wildman–Crippen LogP) is 1.42. The molecule has 2 aromatic rings. The maximum atomic E-state index is 12.6. The van der Waals surface area contributed by atoms with Gasteiger partial charge in [-0.1, -0.05) is 42.5 Å². The number of carbonyl (C=O) groups excluding carboxylic acids is 3. The van der Waals surface area contributed by atoms with Crippen LogP contribution in [-0.4, -0.2) is 37.4 Å². The molecule has 3 rings (SSSR count). The molecule has 1 aliphatic rings. The van der Waals surface area contributed by atoms with Crippen LogP contribution < -0.4 is 20.9 Å². The van der Waals surface area contributed by atoms with Crippen LogP contribution in [0.4, 0.5) is 5.69 Å². The maximum Gasteiger partial charge on any atom is 0.268 e. The first-order valence-electron chi connectivity index (χ1n) is 9.44. The van der Waals surface area contributed by atoms with Crippen molar-refractivity contribution in [3.8, 4) is 0 Å². The topological polar surface area (TPSA) is 90.5 Å². The number of hydrogen-bond donors (Lipinski definition) is 3. The summed E-state index contributed by atoms with van der Waals surface area (Å²) >= 11 is 0. The number of nitrogens with one attached hydrogen (secondary N) is 3. The molecule has 0 atom stereocenters. The highest BCUT2D eigenvalue weighted by molar-refractivity contribution is 6.00. The molecular formula is C22H24N4O3. The molecule has 0 unspecified atom stereocenters. The van der Waals surface area contributed by atoms with Crippen molar-refractivity contribution in [1.29, 1.82) is 0 Å². The van der Waals surface area contributed by atoms with Gasteiger partial charge in [0, 0.05) is 32.2 Å². The quantitative estimate of drug-likeness (QED) is 0.649. The Hall–Kier alpha value is -3.61. The van der Waals surface area contributed by atoms with Crippen LogP contribution in [0.3, 0.4) is 0 Å². The van der Waals surface area contributed by atoms with E-state index in [1.165, 1.54) is 6.92 Å². The Morgan fingerprint density at radius 3 is 2.48 bits per heavy atom. The lowest BCUT2D eigenvalue weighted by Crippen LogP contribution is -2.47. The van der Waals surface area contributed by atoms with E-state index in [1.807, 2.05) is 59.5 Å². The summed E-state index contributed by atoms with van der Waals surface area (Å²) in [5.41, 5.74) is 2.91. The van der Waals surface area contributed by atoms with E-state index in [1.54, 1.807) is 6.08 Å². The zero-order valence-electron chi connectivity index (χ0n) is 16.3. The Kier molecular flexibility index (Phi) is 6.63. The SMILES string of the molecule is CC(=O)N/C(=C\c1ccccc1)C(=O)NCc1ccc(N2CCNC(=O)C2)cc1. The Balaban J connectivity index is 1.62. The Morgan fingerprint density at radius 2 is 1.83 bits per heavy atom. The molecule has 1 heterocycles. The average Bonchev–Trinajstić information content (AvgIpc) is 2.72. The summed E-state index contributed by atoms with van der Waals surface area (Å²) in [7, 11) is 0. The van der Waals surface area contributed by atoms with Crippen molar-refractivity contribution in [2.24, 2.45) is 0 Å². The lowest BCUT2D eigenvalue weighted by molar-refractivity contribution is -0.122. The van der Waals surface area contributed by atoms with Crippen molar-refractivity contribution in [2.75, 3.05) is 24.5 Å². The summed E-state index contributed by atoms with van der Waals surface area (Å²) in [6, 6.07) is 17.0. The Morgan fingerprint density at radius 1 is 1.10 bits per heavy atom. The molecular weight excluding hydrogens is 368 g/mol. The summed E-state index contributed by atoms with van der Waals surface area (Å²) < 4.78 is 0. The highest BCUT2D eigenvalue weighted by Gasteiger charge is 2.16. The third-order valence-corrected chi connectivity index (χ3v) is 4.46. The van der Waals surface area contributed by atoms with E-state index in [2.05, 4.69) is 16.0 Å². The summed E-state index contributed by atoms with van der Waals surface area (Å²) in [4.78, 5) is 37.6. The normalized spacial score (nSPS) is 14.2. The van der Waals surface area contributed by atoms with Crippen LogP contribution in [0.1, 0.15) is 18.1 Å². The highest BCUT2D eigenvalue weighted by Crippen LogP contribution is 2.16. The van der Waals surface area contributed by atoms with Crippen LogP contribution in [0.15, 0.2) is 60.3 Å². The van der Waals surface area contributed by atoms with Crippen LogP contribution in [-0.2, 0) is 20.9 Å². The van der Waals surface area contributed by atoms with E-state index in [9.17, 15) is 14.4 Å². The van der Waals surface area contributed by atoms with Crippen LogP contribution in [0.25, 0.3) is 6.08 Å². The maximum absolute atomic E-state index is 12.6. The second-order valence-corrected chi connectivity index (χ2v) is 6.77. The molecule has 0 radical (unpaired) electrons. The second-order valence-electron chi connectivity index (χ2n) is 6.77. The van der Waals surface area contributed by atoms with Gasteiger partial charge in [-0.25, -0.2) is 0 Å². The standard InChI is InChI=1S/C22H24N4O3/c1-16(27)25-20(13-17-5-3-2-4-6-17)22(29)24-14-18-7-9-19(10-8-18)26-12-11-23-21(28)15-26/h2-10,13H,11-12,14-15H2,1H3,(H,23,28)(H,24,29)(H,25,27)/b20-13-. The largest absolute Gasteiger partial charge is 0.360 e. The van der Waals surface area contributed by atoms with Gasteiger partial charge in [-0.3, -0.25) is 14.4 Å². The van der Waals surface area contributed by atoms with Crippen LogP contribution in [0.5, 0.6) is 0 Å². The first kappa shape index (κ1) is 20.1. The Labute approximate surface area is 169 Å². The fraction of sp³-hybridized carbons (Fsp3) is 0.227. The molecule has 29 heavy (non-hydrogen) atoms. The van der Waals surface area contributed by atoms with Gasteiger partial charge in [-0.05, 0) is 29.3 Å². The molecule has 3 N–H and O–H groups in total. The molecule has 0 bridgehead atoms. The van der Waals surface area contributed by atoms with Gasteiger partial charge < -0.3 is 20.9 Å². The zero-order chi connectivity index (χ0) is 20.6. The predicted molar refractivity (Wildman–Crippen MR) is 112 cm³/mol. The van der Waals surface area contributed by atoms with Gasteiger partial charge in [0.05, 0.1) is 6.54 Å². The van der Waals surface area contributed by atoms with E-state index >= 15 is 0 Å². The van der Waals surface area contributed by atoms with Crippen molar-refractivity contribution in [3.05, 3.63) is 71.4 Å². The molecule has 7 nitrogen and oxygen atoms in total. The molecule has 1 fully saturated rings. The number of nitrogens with zero attached hydrogens (tertiary/aromatic N) is 1. The van der Waals surface area contributed by atoms with Gasteiger partial charge in [-0.15, -0.1) is 0 Å². The van der Waals surface area contributed by atoms with E-state index in [4.69, 9.17) is 0 Å². The molecule has 1 aliphatic heterocycles. The summed E-state index contributed by atoms with van der Waals surface area (Å²) in [5.74, 6) is -0.652. The lowest BCUT2D eigenvalue weighted by atomic mass is 10.1. The first-order chi connectivity index (χ1) is 14.0. The van der Waals surface area contributed by atoms with Crippen molar-refractivity contribution in [2.45, 2.75) is 13.5 Å². The van der Waals surface area contributed by atoms with Crippen molar-refractivity contribution in [3.63, 3.8) is 0 Å². The number of piperazine rings is 1. The molecule has 1 saturated heterocycles. The van der Waals surface area contributed by atoms with Gasteiger partial charge in [0.1, 0.15) is 5.70 Å². The molecule has 0 spiro atoms. The summed E-state index contributed by atoms with van der Waals surface area (Å²) in [6.45, 7) is 3.44. The number of benzene rings is 2. The minimum absolute atomic E-state index is 0.0169. The number of carbonyl (C=O) groups is 3. The van der Waals surface area contributed by atoms with Crippen LogP contribution in [0, 0.1) is 0 Å². The lowest BCUT2D eigenvalue weighted by Gasteiger charge is -2.28. The first-order valence-corrected chi connectivity index (χ1v) is 9.44. The second kappa shape index (κ2) is 9.54.